The minimum absolute atomic E-state index is 0.976. The standard InChI is InChI=1S/C14H23N3/c1-11-8-12(2)14(13(3)9-11)10-16-4-6-17(15)7-5-16/h8-9H,4-7,10,15H2,1-3H3. The average molecular weight is 233 g/mol. The fraction of sp³-hybridized carbons (Fsp3) is 0.571. The predicted octanol–water partition coefficient (Wildman–Crippen LogP) is 1.60. The summed E-state index contributed by atoms with van der Waals surface area (Å²) in [6.07, 6.45) is 0. The van der Waals surface area contributed by atoms with Gasteiger partial charge in [-0.1, -0.05) is 17.7 Å². The van der Waals surface area contributed by atoms with Crippen LogP contribution in [0.25, 0.3) is 0 Å². The van der Waals surface area contributed by atoms with Crippen LogP contribution >= 0.6 is 0 Å². The van der Waals surface area contributed by atoms with Gasteiger partial charge < -0.3 is 0 Å². The van der Waals surface area contributed by atoms with E-state index in [-0.39, 0.29) is 0 Å². The Kier molecular flexibility index (Phi) is 3.82. The van der Waals surface area contributed by atoms with Gasteiger partial charge in [-0.25, -0.2) is 5.01 Å². The Labute approximate surface area is 104 Å². The number of nitrogens with zero attached hydrogens (tertiary/aromatic N) is 2. The van der Waals surface area contributed by atoms with Crippen molar-refractivity contribution in [2.75, 3.05) is 26.2 Å². The number of hydrazine groups is 1. The van der Waals surface area contributed by atoms with Gasteiger partial charge in [0.05, 0.1) is 0 Å². The molecule has 0 aromatic heterocycles. The zero-order valence-corrected chi connectivity index (χ0v) is 11.2. The first kappa shape index (κ1) is 12.6. The molecule has 1 aliphatic heterocycles. The van der Waals surface area contributed by atoms with Gasteiger partial charge in [0.1, 0.15) is 0 Å². The van der Waals surface area contributed by atoms with E-state index >= 15 is 0 Å². The molecule has 1 aromatic carbocycles. The van der Waals surface area contributed by atoms with Crippen molar-refractivity contribution in [3.8, 4) is 0 Å². The molecule has 0 unspecified atom stereocenters. The molecule has 94 valence electrons. The normalized spacial score (nSPS) is 18.6. The first-order valence-corrected chi connectivity index (χ1v) is 6.35. The molecule has 0 aliphatic carbocycles. The summed E-state index contributed by atoms with van der Waals surface area (Å²) in [5, 5.41) is 1.91. The second kappa shape index (κ2) is 5.17. The molecule has 3 nitrogen and oxygen atoms in total. The Morgan fingerprint density at radius 2 is 1.53 bits per heavy atom. The third kappa shape index (κ3) is 3.06. The maximum absolute atomic E-state index is 5.78. The minimum Gasteiger partial charge on any atom is -0.296 e. The van der Waals surface area contributed by atoms with E-state index in [1.165, 1.54) is 22.3 Å². The van der Waals surface area contributed by atoms with Gasteiger partial charge in [0, 0.05) is 32.7 Å². The molecule has 17 heavy (non-hydrogen) atoms. The van der Waals surface area contributed by atoms with Gasteiger partial charge in [0.25, 0.3) is 0 Å². The Morgan fingerprint density at radius 3 is 2.06 bits per heavy atom. The van der Waals surface area contributed by atoms with Crippen LogP contribution in [0.1, 0.15) is 22.3 Å². The van der Waals surface area contributed by atoms with E-state index in [9.17, 15) is 0 Å². The second-order valence-corrected chi connectivity index (χ2v) is 5.19. The summed E-state index contributed by atoms with van der Waals surface area (Å²) in [6.45, 7) is 11.8. The number of rotatable bonds is 2. The molecule has 2 rings (SSSR count). The van der Waals surface area contributed by atoms with Crippen molar-refractivity contribution in [3.05, 3.63) is 34.4 Å². The summed E-state index contributed by atoms with van der Waals surface area (Å²) >= 11 is 0. The lowest BCUT2D eigenvalue weighted by molar-refractivity contribution is 0.128. The number of hydrogen-bond acceptors (Lipinski definition) is 3. The molecular formula is C14H23N3. The van der Waals surface area contributed by atoms with Gasteiger partial charge in [0.2, 0.25) is 0 Å². The monoisotopic (exact) mass is 233 g/mol. The molecule has 0 radical (unpaired) electrons. The Bertz CT molecular complexity index is 369. The predicted molar refractivity (Wildman–Crippen MR) is 71.7 cm³/mol. The highest BCUT2D eigenvalue weighted by Crippen LogP contribution is 2.18. The lowest BCUT2D eigenvalue weighted by Gasteiger charge is -2.32. The third-order valence-corrected chi connectivity index (χ3v) is 3.63. The van der Waals surface area contributed by atoms with Crippen molar-refractivity contribution in [1.29, 1.82) is 0 Å². The number of benzene rings is 1. The molecule has 0 amide bonds. The van der Waals surface area contributed by atoms with Gasteiger partial charge in [0.15, 0.2) is 0 Å². The molecule has 1 saturated heterocycles. The van der Waals surface area contributed by atoms with Gasteiger partial charge >= 0.3 is 0 Å². The molecule has 2 N–H and O–H groups in total. The lowest BCUT2D eigenvalue weighted by Crippen LogP contribution is -2.49. The summed E-state index contributed by atoms with van der Waals surface area (Å²) in [4.78, 5) is 2.49. The van der Waals surface area contributed by atoms with Crippen LogP contribution in [-0.4, -0.2) is 36.1 Å². The van der Waals surface area contributed by atoms with E-state index in [1.54, 1.807) is 0 Å². The maximum atomic E-state index is 5.78. The van der Waals surface area contributed by atoms with Crippen LogP contribution in [0, 0.1) is 20.8 Å². The summed E-state index contributed by atoms with van der Waals surface area (Å²) in [5.41, 5.74) is 5.67. The van der Waals surface area contributed by atoms with Crippen LogP contribution in [0.4, 0.5) is 0 Å². The second-order valence-electron chi connectivity index (χ2n) is 5.19. The molecule has 0 atom stereocenters. The summed E-state index contributed by atoms with van der Waals surface area (Å²) in [5.74, 6) is 5.78. The van der Waals surface area contributed by atoms with E-state index in [0.29, 0.717) is 0 Å². The zero-order chi connectivity index (χ0) is 12.4. The van der Waals surface area contributed by atoms with Crippen LogP contribution in [-0.2, 0) is 6.54 Å². The van der Waals surface area contributed by atoms with Gasteiger partial charge in [-0.2, -0.15) is 0 Å². The van der Waals surface area contributed by atoms with Gasteiger partial charge in [-0.15, -0.1) is 0 Å². The number of aryl methyl sites for hydroxylation is 3. The number of piperazine rings is 1. The molecular weight excluding hydrogens is 210 g/mol. The molecule has 3 heteroatoms. The first-order valence-electron chi connectivity index (χ1n) is 6.35. The average Bonchev–Trinajstić information content (AvgIpc) is 2.26. The molecule has 1 aromatic rings. The molecule has 1 heterocycles. The number of nitrogens with two attached hydrogens (primary N) is 1. The topological polar surface area (TPSA) is 32.5 Å². The lowest BCUT2D eigenvalue weighted by atomic mass is 9.99. The van der Waals surface area contributed by atoms with Crippen LogP contribution in [0.15, 0.2) is 12.1 Å². The van der Waals surface area contributed by atoms with E-state index in [4.69, 9.17) is 5.84 Å². The Morgan fingerprint density at radius 1 is 1.00 bits per heavy atom. The largest absolute Gasteiger partial charge is 0.296 e. The highest BCUT2D eigenvalue weighted by Gasteiger charge is 2.16. The van der Waals surface area contributed by atoms with E-state index in [0.717, 1.165) is 32.7 Å². The van der Waals surface area contributed by atoms with E-state index < -0.39 is 0 Å². The van der Waals surface area contributed by atoms with Crippen LogP contribution < -0.4 is 5.84 Å². The van der Waals surface area contributed by atoms with Crippen LogP contribution in [0.5, 0.6) is 0 Å². The molecule has 0 saturated carbocycles. The highest BCUT2D eigenvalue weighted by molar-refractivity contribution is 5.37. The molecule has 0 spiro atoms. The van der Waals surface area contributed by atoms with Crippen LogP contribution in [0.3, 0.4) is 0 Å². The smallest absolute Gasteiger partial charge is 0.0257 e. The molecule has 1 fully saturated rings. The fourth-order valence-electron chi connectivity index (χ4n) is 2.60. The minimum atomic E-state index is 0.976. The SMILES string of the molecule is Cc1cc(C)c(CN2CCN(N)CC2)c(C)c1. The van der Waals surface area contributed by atoms with E-state index in [1.807, 2.05) is 5.01 Å². The third-order valence-electron chi connectivity index (χ3n) is 3.63. The van der Waals surface area contributed by atoms with Crippen molar-refractivity contribution in [3.63, 3.8) is 0 Å². The molecule has 0 bridgehead atoms. The summed E-state index contributed by atoms with van der Waals surface area (Å²) in [7, 11) is 0. The van der Waals surface area contributed by atoms with Gasteiger partial charge in [-0.05, 0) is 37.5 Å². The summed E-state index contributed by atoms with van der Waals surface area (Å²) < 4.78 is 0. The fourth-order valence-corrected chi connectivity index (χ4v) is 2.60. The van der Waals surface area contributed by atoms with Crippen molar-refractivity contribution >= 4 is 0 Å². The van der Waals surface area contributed by atoms with E-state index in [2.05, 4.69) is 37.8 Å². The van der Waals surface area contributed by atoms with Crippen molar-refractivity contribution in [2.45, 2.75) is 27.3 Å². The first-order chi connectivity index (χ1) is 8.06. The summed E-state index contributed by atoms with van der Waals surface area (Å²) in [6, 6.07) is 4.56. The van der Waals surface area contributed by atoms with Crippen molar-refractivity contribution in [1.82, 2.24) is 9.91 Å². The Balaban J connectivity index is 2.08. The maximum Gasteiger partial charge on any atom is 0.0257 e. The highest BCUT2D eigenvalue weighted by atomic mass is 15.4. The molecule has 1 aliphatic rings. The van der Waals surface area contributed by atoms with Gasteiger partial charge in [-0.3, -0.25) is 10.7 Å². The van der Waals surface area contributed by atoms with Crippen molar-refractivity contribution in [2.24, 2.45) is 5.84 Å². The quantitative estimate of drug-likeness (QED) is 0.788. The van der Waals surface area contributed by atoms with Crippen LogP contribution in [0.2, 0.25) is 0 Å². The number of hydrogen-bond donors (Lipinski definition) is 1. The Hall–Kier alpha value is -0.900. The van der Waals surface area contributed by atoms with Crippen molar-refractivity contribution < 1.29 is 0 Å². The zero-order valence-electron chi connectivity index (χ0n) is 11.2.